The summed E-state index contributed by atoms with van der Waals surface area (Å²) in [7, 11) is -0.144. The second-order valence-corrected chi connectivity index (χ2v) is 6.78. The SMILES string of the molecule is CCCC[C@H](B1OC(C)(C)C(C)(C)O1)c1ccccc1. The molecule has 1 atom stereocenters. The molecule has 110 valence electrons. The molecule has 1 aromatic carbocycles. The van der Waals surface area contributed by atoms with Crippen molar-refractivity contribution in [3.8, 4) is 0 Å². The van der Waals surface area contributed by atoms with Crippen LogP contribution < -0.4 is 0 Å². The Hall–Kier alpha value is -0.795. The van der Waals surface area contributed by atoms with E-state index in [2.05, 4.69) is 65.0 Å². The molecule has 2 nitrogen and oxygen atoms in total. The Balaban J connectivity index is 2.21. The van der Waals surface area contributed by atoms with Crippen molar-refractivity contribution in [2.75, 3.05) is 0 Å². The van der Waals surface area contributed by atoms with Gasteiger partial charge in [-0.3, -0.25) is 0 Å². The van der Waals surface area contributed by atoms with Crippen molar-refractivity contribution in [3.05, 3.63) is 35.9 Å². The molecule has 0 unspecified atom stereocenters. The van der Waals surface area contributed by atoms with E-state index >= 15 is 0 Å². The molecule has 0 radical (unpaired) electrons. The highest BCUT2D eigenvalue weighted by atomic mass is 16.7. The van der Waals surface area contributed by atoms with Crippen molar-refractivity contribution in [2.24, 2.45) is 0 Å². The zero-order chi connectivity index (χ0) is 14.8. The third-order valence-electron chi connectivity index (χ3n) is 4.70. The van der Waals surface area contributed by atoms with E-state index in [0.717, 1.165) is 6.42 Å². The van der Waals surface area contributed by atoms with E-state index in [1.165, 1.54) is 18.4 Å². The van der Waals surface area contributed by atoms with Crippen LogP contribution in [0.4, 0.5) is 0 Å². The van der Waals surface area contributed by atoms with Gasteiger partial charge in [-0.25, -0.2) is 0 Å². The van der Waals surface area contributed by atoms with Gasteiger partial charge in [-0.05, 0) is 39.7 Å². The average molecular weight is 274 g/mol. The molecule has 20 heavy (non-hydrogen) atoms. The second kappa shape index (κ2) is 5.91. The number of benzene rings is 1. The van der Waals surface area contributed by atoms with Crippen LogP contribution in [-0.4, -0.2) is 18.3 Å². The highest BCUT2D eigenvalue weighted by Crippen LogP contribution is 2.42. The number of hydrogen-bond acceptors (Lipinski definition) is 2. The lowest BCUT2D eigenvalue weighted by molar-refractivity contribution is 0.00578. The highest BCUT2D eigenvalue weighted by Gasteiger charge is 2.53. The molecule has 2 rings (SSSR count). The normalized spacial score (nSPS) is 21.9. The largest absolute Gasteiger partial charge is 0.465 e. The van der Waals surface area contributed by atoms with Crippen LogP contribution in [0.5, 0.6) is 0 Å². The van der Waals surface area contributed by atoms with Crippen LogP contribution in [0, 0.1) is 0 Å². The van der Waals surface area contributed by atoms with Gasteiger partial charge in [0, 0.05) is 5.82 Å². The van der Waals surface area contributed by atoms with Crippen molar-refractivity contribution < 1.29 is 9.31 Å². The molecule has 0 spiro atoms. The first-order valence-corrected chi connectivity index (χ1v) is 7.78. The zero-order valence-electron chi connectivity index (χ0n) is 13.5. The van der Waals surface area contributed by atoms with E-state index < -0.39 is 0 Å². The molecule has 0 amide bonds. The fourth-order valence-corrected chi connectivity index (χ4v) is 2.64. The molecular formula is C17H27BO2. The highest BCUT2D eigenvalue weighted by molar-refractivity contribution is 6.47. The standard InChI is InChI=1S/C17H27BO2/c1-6-7-13-15(14-11-9-8-10-12-14)18-19-16(2,3)17(4,5)20-18/h8-12,15H,6-7,13H2,1-5H3/t15-/m0/s1. The average Bonchev–Trinajstić information content (AvgIpc) is 2.60. The van der Waals surface area contributed by atoms with Gasteiger partial charge in [0.15, 0.2) is 0 Å². The lowest BCUT2D eigenvalue weighted by Crippen LogP contribution is -2.41. The molecule has 0 aliphatic carbocycles. The van der Waals surface area contributed by atoms with Crippen LogP contribution in [0.25, 0.3) is 0 Å². The molecule has 1 aliphatic rings. The first-order valence-electron chi connectivity index (χ1n) is 7.78. The summed E-state index contributed by atoms with van der Waals surface area (Å²) in [6, 6.07) is 10.6. The Bertz CT molecular complexity index is 412. The summed E-state index contributed by atoms with van der Waals surface area (Å²) in [6.45, 7) is 10.7. The maximum Gasteiger partial charge on any atom is 0.465 e. The van der Waals surface area contributed by atoms with E-state index in [9.17, 15) is 0 Å². The van der Waals surface area contributed by atoms with Crippen LogP contribution in [0.1, 0.15) is 65.3 Å². The van der Waals surface area contributed by atoms with Gasteiger partial charge >= 0.3 is 7.12 Å². The van der Waals surface area contributed by atoms with Gasteiger partial charge < -0.3 is 9.31 Å². The fourth-order valence-electron chi connectivity index (χ4n) is 2.64. The summed E-state index contributed by atoms with van der Waals surface area (Å²) in [6.07, 6.45) is 3.50. The molecule has 0 aromatic heterocycles. The molecule has 0 N–H and O–H groups in total. The van der Waals surface area contributed by atoms with Gasteiger partial charge in [-0.1, -0.05) is 50.1 Å². The van der Waals surface area contributed by atoms with E-state index in [1.54, 1.807) is 0 Å². The minimum absolute atomic E-state index is 0.144. The van der Waals surface area contributed by atoms with E-state index in [-0.39, 0.29) is 18.3 Å². The van der Waals surface area contributed by atoms with Crippen LogP contribution in [0.3, 0.4) is 0 Å². The molecule has 1 heterocycles. The first kappa shape index (κ1) is 15.6. The molecule has 1 fully saturated rings. The summed E-state index contributed by atoms with van der Waals surface area (Å²) in [5.41, 5.74) is 0.813. The monoisotopic (exact) mass is 274 g/mol. The molecule has 1 aromatic rings. The summed E-state index contributed by atoms with van der Waals surface area (Å²) in [4.78, 5) is 0. The summed E-state index contributed by atoms with van der Waals surface area (Å²) in [5.74, 6) is 0.317. The van der Waals surface area contributed by atoms with Gasteiger partial charge in [0.1, 0.15) is 0 Å². The lowest BCUT2D eigenvalue weighted by atomic mass is 9.65. The maximum atomic E-state index is 6.26. The van der Waals surface area contributed by atoms with Crippen LogP contribution in [0.15, 0.2) is 30.3 Å². The Kier molecular flexibility index (Phi) is 4.60. The van der Waals surface area contributed by atoms with Gasteiger partial charge in [-0.15, -0.1) is 0 Å². The van der Waals surface area contributed by atoms with Gasteiger partial charge in [0.25, 0.3) is 0 Å². The molecule has 0 bridgehead atoms. The predicted molar refractivity (Wildman–Crippen MR) is 84.8 cm³/mol. The van der Waals surface area contributed by atoms with Crippen molar-refractivity contribution in [1.29, 1.82) is 0 Å². The number of rotatable bonds is 5. The summed E-state index contributed by atoms with van der Waals surface area (Å²) < 4.78 is 12.5. The topological polar surface area (TPSA) is 18.5 Å². The molecule has 1 aliphatic heterocycles. The summed E-state index contributed by atoms with van der Waals surface area (Å²) >= 11 is 0. The quantitative estimate of drug-likeness (QED) is 0.731. The fraction of sp³-hybridized carbons (Fsp3) is 0.647. The van der Waals surface area contributed by atoms with Gasteiger partial charge in [0.2, 0.25) is 0 Å². The Morgan fingerprint density at radius 2 is 1.55 bits per heavy atom. The van der Waals surface area contributed by atoms with Gasteiger partial charge in [-0.2, -0.15) is 0 Å². The number of unbranched alkanes of at least 4 members (excludes halogenated alkanes) is 1. The van der Waals surface area contributed by atoms with Crippen LogP contribution in [0.2, 0.25) is 0 Å². The van der Waals surface area contributed by atoms with E-state index in [0.29, 0.717) is 5.82 Å². The smallest absolute Gasteiger partial charge is 0.403 e. The first-order chi connectivity index (χ1) is 9.37. The Morgan fingerprint density at radius 3 is 2.05 bits per heavy atom. The molecule has 1 saturated heterocycles. The predicted octanol–water partition coefficient (Wildman–Crippen LogP) is 4.59. The van der Waals surface area contributed by atoms with E-state index in [1.807, 2.05) is 0 Å². The third kappa shape index (κ3) is 3.10. The Morgan fingerprint density at radius 1 is 1.00 bits per heavy atom. The van der Waals surface area contributed by atoms with Crippen molar-refractivity contribution in [1.82, 2.24) is 0 Å². The van der Waals surface area contributed by atoms with Crippen molar-refractivity contribution in [3.63, 3.8) is 0 Å². The van der Waals surface area contributed by atoms with Crippen LogP contribution >= 0.6 is 0 Å². The number of hydrogen-bond donors (Lipinski definition) is 0. The van der Waals surface area contributed by atoms with Crippen LogP contribution in [-0.2, 0) is 9.31 Å². The molecule has 3 heteroatoms. The van der Waals surface area contributed by atoms with E-state index in [4.69, 9.17) is 9.31 Å². The van der Waals surface area contributed by atoms with Crippen molar-refractivity contribution in [2.45, 2.75) is 70.9 Å². The maximum absolute atomic E-state index is 6.26. The Labute approximate surface area is 124 Å². The third-order valence-corrected chi connectivity index (χ3v) is 4.70. The molecule has 0 saturated carbocycles. The minimum atomic E-state index is -0.253. The summed E-state index contributed by atoms with van der Waals surface area (Å²) in [5, 5.41) is 0. The van der Waals surface area contributed by atoms with Gasteiger partial charge in [0.05, 0.1) is 11.2 Å². The zero-order valence-corrected chi connectivity index (χ0v) is 13.5. The lowest BCUT2D eigenvalue weighted by Gasteiger charge is -2.32. The molecular weight excluding hydrogens is 247 g/mol. The second-order valence-electron chi connectivity index (χ2n) is 6.78. The minimum Gasteiger partial charge on any atom is -0.403 e. The van der Waals surface area contributed by atoms with Crippen molar-refractivity contribution >= 4 is 7.12 Å².